The Labute approximate surface area is 191 Å². The van der Waals surface area contributed by atoms with Crippen molar-refractivity contribution in [1.82, 2.24) is 4.57 Å². The van der Waals surface area contributed by atoms with Gasteiger partial charge in [0.1, 0.15) is 19.3 Å². The molecule has 0 amide bonds. The first-order chi connectivity index (χ1) is 15.6. The number of carbonyl (C=O) groups is 1. The molecule has 0 aliphatic carbocycles. The molecule has 1 aromatic carbocycles. The molecular formula is C23H20N2O5S2. The van der Waals surface area contributed by atoms with E-state index < -0.39 is 12.0 Å². The van der Waals surface area contributed by atoms with E-state index in [2.05, 4.69) is 4.99 Å². The van der Waals surface area contributed by atoms with Crippen LogP contribution in [-0.4, -0.2) is 30.4 Å². The Morgan fingerprint density at radius 1 is 1.28 bits per heavy atom. The van der Waals surface area contributed by atoms with Crippen LogP contribution >= 0.6 is 22.7 Å². The summed E-state index contributed by atoms with van der Waals surface area (Å²) >= 11 is 2.79. The summed E-state index contributed by atoms with van der Waals surface area (Å²) in [5.41, 5.74) is 1.59. The zero-order valence-corrected chi connectivity index (χ0v) is 19.1. The number of ether oxygens (including phenoxy) is 3. The average Bonchev–Trinajstić information content (AvgIpc) is 3.42. The fourth-order valence-corrected chi connectivity index (χ4v) is 5.68. The van der Waals surface area contributed by atoms with Gasteiger partial charge in [-0.25, -0.2) is 9.79 Å². The van der Waals surface area contributed by atoms with E-state index in [1.54, 1.807) is 18.4 Å². The fraction of sp³-hybridized carbons (Fsp3) is 0.261. The molecule has 1 unspecified atom stereocenters. The lowest BCUT2D eigenvalue weighted by atomic mass is 10.0. The second kappa shape index (κ2) is 8.40. The highest BCUT2D eigenvalue weighted by Gasteiger charge is 2.33. The third-order valence-corrected chi connectivity index (χ3v) is 7.10. The number of nitrogens with zero attached hydrogens (tertiary/aromatic N) is 2. The van der Waals surface area contributed by atoms with Gasteiger partial charge in [0, 0.05) is 4.88 Å². The van der Waals surface area contributed by atoms with Crippen molar-refractivity contribution in [3.8, 4) is 11.5 Å². The van der Waals surface area contributed by atoms with Crippen molar-refractivity contribution in [2.75, 3.05) is 19.8 Å². The van der Waals surface area contributed by atoms with Crippen molar-refractivity contribution in [1.29, 1.82) is 0 Å². The topological polar surface area (TPSA) is 79.1 Å². The maximum atomic E-state index is 13.5. The molecule has 0 saturated heterocycles. The monoisotopic (exact) mass is 468 g/mol. The predicted octanol–water partition coefficient (Wildman–Crippen LogP) is 2.63. The number of hydrogen-bond acceptors (Lipinski definition) is 8. The smallest absolute Gasteiger partial charge is 0.338 e. The highest BCUT2D eigenvalue weighted by atomic mass is 32.1. The number of aromatic nitrogens is 1. The van der Waals surface area contributed by atoms with Gasteiger partial charge in [0.25, 0.3) is 5.56 Å². The van der Waals surface area contributed by atoms with Gasteiger partial charge < -0.3 is 14.2 Å². The van der Waals surface area contributed by atoms with Crippen molar-refractivity contribution < 1.29 is 19.0 Å². The number of thiophene rings is 1. The number of hydrogen-bond donors (Lipinski definition) is 0. The number of carbonyl (C=O) groups excluding carboxylic acids is 1. The Hall–Kier alpha value is -3.17. The van der Waals surface area contributed by atoms with Crippen LogP contribution in [0.2, 0.25) is 0 Å². The van der Waals surface area contributed by atoms with E-state index in [1.807, 2.05) is 41.8 Å². The Morgan fingerprint density at radius 3 is 2.84 bits per heavy atom. The maximum absolute atomic E-state index is 13.5. The molecule has 4 heterocycles. The molecule has 164 valence electrons. The summed E-state index contributed by atoms with van der Waals surface area (Å²) in [6.07, 6.45) is 1.82. The van der Waals surface area contributed by atoms with Crippen molar-refractivity contribution >= 4 is 34.7 Å². The molecule has 0 saturated carbocycles. The Balaban J connectivity index is 1.66. The molecule has 7 nitrogen and oxygen atoms in total. The van der Waals surface area contributed by atoms with Crippen LogP contribution in [0.4, 0.5) is 0 Å². The molecule has 0 radical (unpaired) electrons. The van der Waals surface area contributed by atoms with Gasteiger partial charge >= 0.3 is 5.97 Å². The minimum atomic E-state index is -0.562. The number of benzene rings is 1. The van der Waals surface area contributed by atoms with Crippen LogP contribution < -0.4 is 24.4 Å². The van der Waals surface area contributed by atoms with Crippen molar-refractivity contribution in [3.05, 3.63) is 77.1 Å². The van der Waals surface area contributed by atoms with Gasteiger partial charge in [-0.3, -0.25) is 9.36 Å². The highest BCUT2D eigenvalue weighted by molar-refractivity contribution is 7.10. The fourth-order valence-electron chi connectivity index (χ4n) is 3.81. The van der Waals surface area contributed by atoms with E-state index >= 15 is 0 Å². The van der Waals surface area contributed by atoms with Gasteiger partial charge in [-0.2, -0.15) is 0 Å². The maximum Gasteiger partial charge on any atom is 0.338 e. The highest BCUT2D eigenvalue weighted by Crippen LogP contribution is 2.33. The van der Waals surface area contributed by atoms with E-state index in [0.717, 1.165) is 10.4 Å². The first-order valence-electron chi connectivity index (χ1n) is 10.2. The van der Waals surface area contributed by atoms with E-state index in [4.69, 9.17) is 14.2 Å². The molecule has 3 aromatic rings. The molecule has 0 fully saturated rings. The van der Waals surface area contributed by atoms with Crippen LogP contribution in [0.1, 0.15) is 30.3 Å². The summed E-state index contributed by atoms with van der Waals surface area (Å²) in [5.74, 6) is 0.908. The number of thiazole rings is 1. The van der Waals surface area contributed by atoms with Crippen LogP contribution in [-0.2, 0) is 9.53 Å². The van der Waals surface area contributed by atoms with E-state index in [9.17, 15) is 9.59 Å². The second-order valence-electron chi connectivity index (χ2n) is 7.22. The lowest BCUT2D eigenvalue weighted by Gasteiger charge is -2.23. The first-order valence-corrected chi connectivity index (χ1v) is 11.9. The number of esters is 1. The molecule has 2 aliphatic rings. The Kier molecular flexibility index (Phi) is 5.44. The molecular weight excluding hydrogens is 448 g/mol. The van der Waals surface area contributed by atoms with Crippen molar-refractivity contribution in [2.45, 2.75) is 19.9 Å². The van der Waals surface area contributed by atoms with E-state index in [1.165, 1.54) is 22.7 Å². The standard InChI is InChI=1S/C23H20N2O5S2/c1-3-28-22(27)19-13(2)24-23-25(20(19)17-5-4-10-31-17)21(26)18(32-23)12-14-6-7-15-16(11-14)30-9-8-29-15/h4-7,10-12,20H,3,8-9H2,1-2H3. The zero-order chi connectivity index (χ0) is 22.2. The molecule has 5 rings (SSSR count). The molecule has 1 atom stereocenters. The second-order valence-corrected chi connectivity index (χ2v) is 9.21. The van der Waals surface area contributed by atoms with Crippen LogP contribution in [0.15, 0.2) is 56.8 Å². The van der Waals surface area contributed by atoms with Crippen LogP contribution in [0.25, 0.3) is 6.08 Å². The predicted molar refractivity (Wildman–Crippen MR) is 122 cm³/mol. The first kappa shape index (κ1) is 20.7. The van der Waals surface area contributed by atoms with Crippen molar-refractivity contribution in [3.63, 3.8) is 0 Å². The number of allylic oxidation sites excluding steroid dienone is 1. The SMILES string of the molecule is CCOC(=O)C1=C(C)N=c2sc(=Cc3ccc4c(c3)OCCO4)c(=O)n2C1c1cccs1. The molecule has 0 bridgehead atoms. The van der Waals surface area contributed by atoms with Gasteiger partial charge in [0.05, 0.1) is 22.4 Å². The van der Waals surface area contributed by atoms with Crippen LogP contribution in [0.3, 0.4) is 0 Å². The van der Waals surface area contributed by atoms with Gasteiger partial charge in [0.2, 0.25) is 0 Å². The normalized spacial score (nSPS) is 17.7. The van der Waals surface area contributed by atoms with E-state index in [0.29, 0.717) is 45.3 Å². The lowest BCUT2D eigenvalue weighted by molar-refractivity contribution is -0.139. The molecule has 2 aromatic heterocycles. The van der Waals surface area contributed by atoms with Gasteiger partial charge in [-0.15, -0.1) is 11.3 Å². The van der Waals surface area contributed by atoms with Gasteiger partial charge in [-0.05, 0) is 49.1 Å². The molecule has 0 N–H and O–H groups in total. The minimum Gasteiger partial charge on any atom is -0.486 e. The van der Waals surface area contributed by atoms with Crippen LogP contribution in [0, 0.1) is 0 Å². The summed E-state index contributed by atoms with van der Waals surface area (Å²) in [7, 11) is 0. The Bertz CT molecular complexity index is 1400. The van der Waals surface area contributed by atoms with E-state index in [-0.39, 0.29) is 12.2 Å². The molecule has 2 aliphatic heterocycles. The Morgan fingerprint density at radius 2 is 2.09 bits per heavy atom. The summed E-state index contributed by atoms with van der Waals surface area (Å²) in [6, 6.07) is 8.85. The van der Waals surface area contributed by atoms with Gasteiger partial charge in [-0.1, -0.05) is 23.5 Å². The summed E-state index contributed by atoms with van der Waals surface area (Å²) in [6.45, 7) is 4.81. The number of fused-ring (bicyclic) bond motifs is 2. The molecule has 32 heavy (non-hydrogen) atoms. The lowest BCUT2D eigenvalue weighted by Crippen LogP contribution is -2.39. The molecule has 9 heteroatoms. The van der Waals surface area contributed by atoms with Crippen LogP contribution in [0.5, 0.6) is 11.5 Å². The zero-order valence-electron chi connectivity index (χ0n) is 17.5. The largest absolute Gasteiger partial charge is 0.486 e. The number of rotatable bonds is 4. The summed E-state index contributed by atoms with van der Waals surface area (Å²) < 4.78 is 18.6. The molecule has 0 spiro atoms. The minimum absolute atomic E-state index is 0.198. The summed E-state index contributed by atoms with van der Waals surface area (Å²) in [4.78, 5) is 32.3. The quantitative estimate of drug-likeness (QED) is 0.550. The summed E-state index contributed by atoms with van der Waals surface area (Å²) in [5, 5.41) is 1.93. The third kappa shape index (κ3) is 3.57. The van der Waals surface area contributed by atoms with Crippen molar-refractivity contribution in [2.24, 2.45) is 4.99 Å². The average molecular weight is 469 g/mol. The third-order valence-electron chi connectivity index (χ3n) is 5.19. The van der Waals surface area contributed by atoms with Gasteiger partial charge in [0.15, 0.2) is 16.3 Å².